The van der Waals surface area contributed by atoms with Gasteiger partial charge in [0.1, 0.15) is 22.5 Å². The van der Waals surface area contributed by atoms with Crippen LogP contribution in [0.3, 0.4) is 0 Å². The molecule has 0 atom stereocenters. The number of nitrogens with zero attached hydrogens (tertiary/aromatic N) is 1. The van der Waals surface area contributed by atoms with Crippen molar-refractivity contribution in [1.29, 1.82) is 0 Å². The van der Waals surface area contributed by atoms with E-state index in [1.165, 1.54) is 17.0 Å². The molecule has 7 nitrogen and oxygen atoms in total. The third kappa shape index (κ3) is 4.68. The van der Waals surface area contributed by atoms with E-state index in [0.717, 1.165) is 12.1 Å². The monoisotopic (exact) mass is 413 g/mol. The van der Waals surface area contributed by atoms with Gasteiger partial charge >= 0.3 is 0 Å². The molecule has 1 heterocycles. The van der Waals surface area contributed by atoms with Gasteiger partial charge in [0.2, 0.25) is 0 Å². The Balaban J connectivity index is 2.32. The number of aromatic nitrogens is 1. The zero-order valence-electron chi connectivity index (χ0n) is 11.4. The number of hydrogen-bond acceptors (Lipinski definition) is 5. The SMILES string of the molecule is NS(=O)(=O)NC(=O)c1cc(Cl)c(Oc2cnc(Cl)c(Cl)c2)cc1F. The molecule has 128 valence electrons. The zero-order valence-corrected chi connectivity index (χ0v) is 14.5. The van der Waals surface area contributed by atoms with E-state index in [4.69, 9.17) is 39.5 Å². The average Bonchev–Trinajstić information content (AvgIpc) is 2.44. The largest absolute Gasteiger partial charge is 0.454 e. The van der Waals surface area contributed by atoms with Gasteiger partial charge in [-0.1, -0.05) is 34.8 Å². The van der Waals surface area contributed by atoms with Crippen molar-refractivity contribution in [3.8, 4) is 11.5 Å². The third-order valence-electron chi connectivity index (χ3n) is 2.50. The summed E-state index contributed by atoms with van der Waals surface area (Å²) in [5, 5.41) is 4.64. The highest BCUT2D eigenvalue weighted by atomic mass is 35.5. The molecule has 0 aliphatic heterocycles. The summed E-state index contributed by atoms with van der Waals surface area (Å²) in [6, 6.07) is 3.01. The van der Waals surface area contributed by atoms with Gasteiger partial charge in [-0.25, -0.2) is 19.2 Å². The summed E-state index contributed by atoms with van der Waals surface area (Å²) in [7, 11) is -4.34. The minimum absolute atomic E-state index is 0.0521. The first-order valence-electron chi connectivity index (χ1n) is 5.89. The first-order valence-corrected chi connectivity index (χ1v) is 8.57. The molecule has 0 bridgehead atoms. The number of pyridine rings is 1. The lowest BCUT2D eigenvalue weighted by atomic mass is 10.2. The Bertz CT molecular complexity index is 924. The molecule has 0 saturated carbocycles. The van der Waals surface area contributed by atoms with Crippen LogP contribution in [0.25, 0.3) is 0 Å². The van der Waals surface area contributed by atoms with Crippen LogP contribution in [0, 0.1) is 5.82 Å². The maximum absolute atomic E-state index is 14.0. The summed E-state index contributed by atoms with van der Waals surface area (Å²) < 4.78 is 42.4. The fraction of sp³-hybridized carbons (Fsp3) is 0. The van der Waals surface area contributed by atoms with Crippen LogP contribution in [0.2, 0.25) is 15.2 Å². The predicted octanol–water partition coefficient (Wildman–Crippen LogP) is 2.91. The smallest absolute Gasteiger partial charge is 0.298 e. The Morgan fingerprint density at radius 1 is 1.21 bits per heavy atom. The molecular formula is C12H7Cl3FN3O4S. The van der Waals surface area contributed by atoms with E-state index in [2.05, 4.69) is 10.1 Å². The van der Waals surface area contributed by atoms with Gasteiger partial charge in [0.25, 0.3) is 16.1 Å². The van der Waals surface area contributed by atoms with Crippen molar-refractivity contribution in [1.82, 2.24) is 9.71 Å². The van der Waals surface area contributed by atoms with Crippen LogP contribution < -0.4 is 14.6 Å². The van der Waals surface area contributed by atoms with Crippen LogP contribution in [0.15, 0.2) is 24.4 Å². The standard InChI is InChI=1S/C12H7Cl3FN3O4S/c13-7-2-6(12(20)19-24(17,21)22)9(16)3-10(7)23-5-1-8(14)11(15)18-4-5/h1-4H,(H,19,20)(H2,17,21,22). The van der Waals surface area contributed by atoms with E-state index >= 15 is 0 Å². The van der Waals surface area contributed by atoms with Crippen LogP contribution >= 0.6 is 34.8 Å². The molecule has 0 spiro atoms. The zero-order chi connectivity index (χ0) is 18.1. The van der Waals surface area contributed by atoms with Gasteiger partial charge in [0, 0.05) is 12.1 Å². The molecule has 0 saturated heterocycles. The van der Waals surface area contributed by atoms with E-state index in [9.17, 15) is 17.6 Å². The summed E-state index contributed by atoms with van der Waals surface area (Å²) in [4.78, 5) is 15.4. The van der Waals surface area contributed by atoms with Gasteiger partial charge < -0.3 is 4.74 Å². The number of rotatable bonds is 4. The molecule has 12 heteroatoms. The number of carbonyl (C=O) groups excluding carboxylic acids is 1. The lowest BCUT2D eigenvalue weighted by Gasteiger charge is -2.10. The molecule has 0 aliphatic carbocycles. The topological polar surface area (TPSA) is 111 Å². The molecule has 1 amide bonds. The molecule has 2 aromatic rings. The highest BCUT2D eigenvalue weighted by molar-refractivity contribution is 7.87. The average molecular weight is 415 g/mol. The number of amides is 1. The Morgan fingerprint density at radius 3 is 2.46 bits per heavy atom. The lowest BCUT2D eigenvalue weighted by molar-refractivity contribution is 0.0977. The fourth-order valence-corrected chi connectivity index (χ4v) is 2.38. The summed E-state index contributed by atoms with van der Waals surface area (Å²) in [5.74, 6) is -2.39. The lowest BCUT2D eigenvalue weighted by Crippen LogP contribution is -2.36. The van der Waals surface area contributed by atoms with E-state index in [1.54, 1.807) is 0 Å². The molecule has 1 aromatic heterocycles. The van der Waals surface area contributed by atoms with Crippen molar-refractivity contribution < 1.29 is 22.3 Å². The van der Waals surface area contributed by atoms with Crippen molar-refractivity contribution in [3.05, 3.63) is 51.0 Å². The van der Waals surface area contributed by atoms with E-state index < -0.39 is 27.5 Å². The molecule has 0 fully saturated rings. The number of benzene rings is 1. The van der Waals surface area contributed by atoms with Crippen molar-refractivity contribution in [2.75, 3.05) is 0 Å². The van der Waals surface area contributed by atoms with Crippen LogP contribution in [0.4, 0.5) is 4.39 Å². The van der Waals surface area contributed by atoms with Crippen LogP contribution in [-0.2, 0) is 10.2 Å². The van der Waals surface area contributed by atoms with Crippen LogP contribution in [0.1, 0.15) is 10.4 Å². The van der Waals surface area contributed by atoms with Gasteiger partial charge in [-0.05, 0) is 6.07 Å². The maximum atomic E-state index is 14.0. The Kier molecular flexibility index (Phi) is 5.51. The number of nitrogens with two attached hydrogens (primary N) is 1. The van der Waals surface area contributed by atoms with E-state index in [0.29, 0.717) is 0 Å². The third-order valence-corrected chi connectivity index (χ3v) is 3.95. The number of carbonyl (C=O) groups is 1. The van der Waals surface area contributed by atoms with Crippen LogP contribution in [-0.4, -0.2) is 19.3 Å². The van der Waals surface area contributed by atoms with Gasteiger partial charge in [-0.15, -0.1) is 0 Å². The van der Waals surface area contributed by atoms with Crippen molar-refractivity contribution in [2.24, 2.45) is 5.14 Å². The minimum atomic E-state index is -4.34. The normalized spacial score (nSPS) is 11.2. The molecule has 0 radical (unpaired) electrons. The summed E-state index contributed by atoms with van der Waals surface area (Å²) in [6.07, 6.45) is 1.23. The van der Waals surface area contributed by atoms with Crippen molar-refractivity contribution in [2.45, 2.75) is 0 Å². The van der Waals surface area contributed by atoms with Gasteiger partial charge in [0.15, 0.2) is 0 Å². The highest BCUT2D eigenvalue weighted by Gasteiger charge is 2.19. The second-order valence-corrected chi connectivity index (χ2v) is 6.75. The summed E-state index contributed by atoms with van der Waals surface area (Å²) >= 11 is 17.3. The van der Waals surface area contributed by atoms with E-state index in [-0.39, 0.29) is 26.7 Å². The molecule has 3 N–H and O–H groups in total. The van der Waals surface area contributed by atoms with Crippen LogP contribution in [0.5, 0.6) is 11.5 Å². The number of ether oxygens (including phenoxy) is 1. The highest BCUT2D eigenvalue weighted by Crippen LogP contribution is 2.33. The summed E-state index contributed by atoms with van der Waals surface area (Å²) in [6.45, 7) is 0. The van der Waals surface area contributed by atoms with Crippen molar-refractivity contribution >= 4 is 50.9 Å². The second-order valence-electron chi connectivity index (χ2n) is 4.28. The molecule has 0 unspecified atom stereocenters. The number of nitrogens with one attached hydrogen (secondary N) is 1. The predicted molar refractivity (Wildman–Crippen MR) is 86.3 cm³/mol. The first-order chi connectivity index (χ1) is 11.1. The number of halogens is 4. The second kappa shape index (κ2) is 7.08. The molecular weight excluding hydrogens is 408 g/mol. The minimum Gasteiger partial charge on any atom is -0.454 e. The van der Waals surface area contributed by atoms with Gasteiger partial charge in [-0.3, -0.25) is 4.79 Å². The number of hydrogen-bond donors (Lipinski definition) is 2. The van der Waals surface area contributed by atoms with Gasteiger partial charge in [0.05, 0.1) is 21.8 Å². The summed E-state index contributed by atoms with van der Waals surface area (Å²) in [5.41, 5.74) is -0.631. The Hall–Kier alpha value is -1.65. The Labute approximate surface area is 150 Å². The van der Waals surface area contributed by atoms with Gasteiger partial charge in [-0.2, -0.15) is 8.42 Å². The Morgan fingerprint density at radius 2 is 1.88 bits per heavy atom. The first kappa shape index (κ1) is 18.7. The molecule has 24 heavy (non-hydrogen) atoms. The molecule has 1 aromatic carbocycles. The maximum Gasteiger partial charge on any atom is 0.298 e. The quantitative estimate of drug-likeness (QED) is 0.747. The molecule has 0 aliphatic rings. The molecule has 2 rings (SSSR count). The fourth-order valence-electron chi connectivity index (χ4n) is 1.55. The van der Waals surface area contributed by atoms with E-state index in [1.807, 2.05) is 0 Å². The van der Waals surface area contributed by atoms with Crippen molar-refractivity contribution in [3.63, 3.8) is 0 Å².